The van der Waals surface area contributed by atoms with Gasteiger partial charge in [0.25, 0.3) is 11.6 Å². The highest BCUT2D eigenvalue weighted by molar-refractivity contribution is 7.22. The fourth-order valence-electron chi connectivity index (χ4n) is 2.55. The summed E-state index contributed by atoms with van der Waals surface area (Å²) in [5.74, 6) is 0.195. The van der Waals surface area contributed by atoms with E-state index in [1.54, 1.807) is 24.3 Å². The summed E-state index contributed by atoms with van der Waals surface area (Å²) in [4.78, 5) is 27.0. The van der Waals surface area contributed by atoms with E-state index in [-0.39, 0.29) is 11.4 Å². The van der Waals surface area contributed by atoms with Crippen molar-refractivity contribution in [2.24, 2.45) is 0 Å². The first kappa shape index (κ1) is 16.0. The first-order chi connectivity index (χ1) is 12.5. The van der Waals surface area contributed by atoms with Crippen LogP contribution < -0.4 is 10.1 Å². The van der Waals surface area contributed by atoms with E-state index < -0.39 is 10.8 Å². The van der Waals surface area contributed by atoms with Crippen LogP contribution >= 0.6 is 11.3 Å². The molecular formula is C17H11N3O5S. The van der Waals surface area contributed by atoms with E-state index in [1.807, 2.05) is 6.07 Å². The van der Waals surface area contributed by atoms with Crippen molar-refractivity contribution >= 4 is 49.2 Å². The summed E-state index contributed by atoms with van der Waals surface area (Å²) in [6.45, 7) is 0. The number of carbonyl (C=O) groups excluding carboxylic acids is 1. The number of methoxy groups -OCH3 is 1. The Morgan fingerprint density at radius 2 is 2.15 bits per heavy atom. The van der Waals surface area contributed by atoms with Crippen molar-refractivity contribution in [3.05, 3.63) is 58.3 Å². The minimum atomic E-state index is -0.487. The third kappa shape index (κ3) is 2.74. The number of furan rings is 1. The Morgan fingerprint density at radius 3 is 2.92 bits per heavy atom. The molecule has 0 fully saturated rings. The number of nitrogens with zero attached hydrogens (tertiary/aromatic N) is 2. The van der Waals surface area contributed by atoms with Crippen LogP contribution in [0.1, 0.15) is 10.6 Å². The molecule has 8 nitrogen and oxygen atoms in total. The van der Waals surface area contributed by atoms with E-state index in [4.69, 9.17) is 9.15 Å². The summed E-state index contributed by atoms with van der Waals surface area (Å²) in [5, 5.41) is 14.6. The fourth-order valence-corrected chi connectivity index (χ4v) is 3.39. The number of nitro benzene ring substituents is 1. The molecule has 0 radical (unpaired) electrons. The van der Waals surface area contributed by atoms with E-state index in [0.717, 1.165) is 10.1 Å². The Hall–Kier alpha value is -3.46. The zero-order valence-corrected chi connectivity index (χ0v) is 14.2. The standard InChI is InChI=1S/C17H11N3O5S/c1-24-12-4-2-3-9-7-13(25-15(9)12)16(21)19-17-18-11-8-10(20(22)23)5-6-14(11)26-17/h2-8H,1H3,(H,18,19,21). The fraction of sp³-hybridized carbons (Fsp3) is 0.0588. The smallest absolute Gasteiger partial charge is 0.293 e. The summed E-state index contributed by atoms with van der Waals surface area (Å²) in [5.41, 5.74) is 0.885. The van der Waals surface area contributed by atoms with Crippen molar-refractivity contribution in [1.29, 1.82) is 0 Å². The lowest BCUT2D eigenvalue weighted by Crippen LogP contribution is -2.10. The van der Waals surface area contributed by atoms with Crippen molar-refractivity contribution in [2.75, 3.05) is 12.4 Å². The van der Waals surface area contributed by atoms with Crippen molar-refractivity contribution in [1.82, 2.24) is 4.98 Å². The highest BCUT2D eigenvalue weighted by Gasteiger charge is 2.17. The maximum absolute atomic E-state index is 12.4. The molecule has 4 aromatic rings. The molecule has 2 aromatic heterocycles. The number of hydrogen-bond acceptors (Lipinski definition) is 7. The molecule has 0 atom stereocenters. The number of nitrogens with one attached hydrogen (secondary N) is 1. The number of ether oxygens (including phenoxy) is 1. The van der Waals surface area contributed by atoms with Gasteiger partial charge in [-0.2, -0.15) is 0 Å². The third-order valence-corrected chi connectivity index (χ3v) is 4.71. The number of thiazole rings is 1. The van der Waals surface area contributed by atoms with Crippen LogP contribution in [0.4, 0.5) is 10.8 Å². The van der Waals surface area contributed by atoms with Crippen LogP contribution in [0.15, 0.2) is 46.9 Å². The number of hydrogen-bond donors (Lipinski definition) is 1. The van der Waals surface area contributed by atoms with E-state index >= 15 is 0 Å². The molecule has 130 valence electrons. The van der Waals surface area contributed by atoms with Crippen LogP contribution in [0.5, 0.6) is 5.75 Å². The quantitative estimate of drug-likeness (QED) is 0.426. The molecule has 4 rings (SSSR count). The lowest BCUT2D eigenvalue weighted by molar-refractivity contribution is -0.384. The van der Waals surface area contributed by atoms with Crippen LogP contribution in [0, 0.1) is 10.1 Å². The molecule has 0 aliphatic rings. The summed E-state index contributed by atoms with van der Waals surface area (Å²) >= 11 is 1.22. The van der Waals surface area contributed by atoms with Gasteiger partial charge in [-0.1, -0.05) is 23.5 Å². The number of nitro groups is 1. The van der Waals surface area contributed by atoms with Gasteiger partial charge in [0.2, 0.25) is 0 Å². The number of aromatic nitrogens is 1. The number of para-hydroxylation sites is 1. The Kier molecular flexibility index (Phi) is 3.77. The monoisotopic (exact) mass is 369 g/mol. The first-order valence-corrected chi connectivity index (χ1v) is 8.29. The minimum Gasteiger partial charge on any atom is -0.493 e. The van der Waals surface area contributed by atoms with Gasteiger partial charge in [0.1, 0.15) is 0 Å². The summed E-state index contributed by atoms with van der Waals surface area (Å²) in [6.07, 6.45) is 0. The van der Waals surface area contributed by atoms with Gasteiger partial charge in [-0.3, -0.25) is 20.2 Å². The number of benzene rings is 2. The molecule has 0 bridgehead atoms. The predicted octanol–water partition coefficient (Wildman–Crippen LogP) is 4.21. The lowest BCUT2D eigenvalue weighted by Gasteiger charge is -1.99. The van der Waals surface area contributed by atoms with Crippen molar-refractivity contribution in [3.63, 3.8) is 0 Å². The lowest BCUT2D eigenvalue weighted by atomic mass is 10.2. The molecule has 0 saturated carbocycles. The molecule has 1 N–H and O–H groups in total. The summed E-state index contributed by atoms with van der Waals surface area (Å²) in [6, 6.07) is 11.4. The summed E-state index contributed by atoms with van der Waals surface area (Å²) in [7, 11) is 1.53. The Labute approximate surface area is 150 Å². The number of rotatable bonds is 4. The normalized spacial score (nSPS) is 11.0. The van der Waals surface area contributed by atoms with Crippen molar-refractivity contribution in [3.8, 4) is 5.75 Å². The van der Waals surface area contributed by atoms with Crippen LogP contribution in [0.25, 0.3) is 21.2 Å². The van der Waals surface area contributed by atoms with Gasteiger partial charge in [0.05, 0.1) is 22.2 Å². The van der Waals surface area contributed by atoms with E-state index in [1.165, 1.54) is 30.6 Å². The number of non-ortho nitro benzene ring substituents is 1. The highest BCUT2D eigenvalue weighted by Crippen LogP contribution is 2.31. The van der Waals surface area contributed by atoms with Gasteiger partial charge in [-0.25, -0.2) is 4.98 Å². The molecule has 0 spiro atoms. The van der Waals surface area contributed by atoms with Crippen LogP contribution in [-0.2, 0) is 0 Å². The average Bonchev–Trinajstić information content (AvgIpc) is 3.23. The SMILES string of the molecule is COc1cccc2cc(C(=O)Nc3nc4cc([N+](=O)[O-])ccc4s3)oc12. The highest BCUT2D eigenvalue weighted by atomic mass is 32.1. The Morgan fingerprint density at radius 1 is 1.31 bits per heavy atom. The molecule has 9 heteroatoms. The zero-order chi connectivity index (χ0) is 18.3. The van der Waals surface area contributed by atoms with E-state index in [2.05, 4.69) is 10.3 Å². The first-order valence-electron chi connectivity index (χ1n) is 7.48. The topological polar surface area (TPSA) is 108 Å². The Bertz CT molecular complexity index is 1160. The van der Waals surface area contributed by atoms with E-state index in [0.29, 0.717) is 22.0 Å². The maximum atomic E-state index is 12.4. The Balaban J connectivity index is 1.63. The molecule has 0 aliphatic carbocycles. The van der Waals surface area contributed by atoms with Gasteiger partial charge in [-0.15, -0.1) is 0 Å². The maximum Gasteiger partial charge on any atom is 0.293 e. The van der Waals surface area contributed by atoms with Crippen LogP contribution in [0.2, 0.25) is 0 Å². The van der Waals surface area contributed by atoms with Crippen molar-refractivity contribution in [2.45, 2.75) is 0 Å². The van der Waals surface area contributed by atoms with Gasteiger partial charge >= 0.3 is 0 Å². The number of amides is 1. The van der Waals surface area contributed by atoms with Crippen LogP contribution in [0.3, 0.4) is 0 Å². The number of anilines is 1. The van der Waals surface area contributed by atoms with Gasteiger partial charge in [0, 0.05) is 17.5 Å². The molecule has 0 aliphatic heterocycles. The van der Waals surface area contributed by atoms with Gasteiger partial charge in [-0.05, 0) is 18.2 Å². The second-order valence-corrected chi connectivity index (χ2v) is 6.40. The third-order valence-electron chi connectivity index (χ3n) is 3.75. The average molecular weight is 369 g/mol. The minimum absolute atomic E-state index is 0.0509. The zero-order valence-electron chi connectivity index (χ0n) is 13.4. The number of fused-ring (bicyclic) bond motifs is 2. The number of carbonyl (C=O) groups is 1. The molecule has 1 amide bonds. The molecule has 26 heavy (non-hydrogen) atoms. The second-order valence-electron chi connectivity index (χ2n) is 5.37. The summed E-state index contributed by atoms with van der Waals surface area (Å²) < 4.78 is 11.6. The van der Waals surface area contributed by atoms with Gasteiger partial charge < -0.3 is 9.15 Å². The van der Waals surface area contributed by atoms with Crippen molar-refractivity contribution < 1.29 is 18.9 Å². The molecule has 2 heterocycles. The van der Waals surface area contributed by atoms with E-state index in [9.17, 15) is 14.9 Å². The largest absolute Gasteiger partial charge is 0.493 e. The second kappa shape index (κ2) is 6.12. The molecule has 0 unspecified atom stereocenters. The van der Waals surface area contributed by atoms with Gasteiger partial charge in [0.15, 0.2) is 22.2 Å². The molecular weight excluding hydrogens is 358 g/mol. The van der Waals surface area contributed by atoms with Crippen LogP contribution in [-0.4, -0.2) is 22.9 Å². The molecule has 2 aromatic carbocycles. The predicted molar refractivity (Wildman–Crippen MR) is 97.0 cm³/mol. The molecule has 0 saturated heterocycles.